The van der Waals surface area contributed by atoms with Crippen molar-refractivity contribution in [2.75, 3.05) is 0 Å². The van der Waals surface area contributed by atoms with Crippen LogP contribution in [0.4, 0.5) is 0 Å². The summed E-state index contributed by atoms with van der Waals surface area (Å²) in [6.45, 7) is 4.12. The van der Waals surface area contributed by atoms with Crippen LogP contribution < -0.4 is 0 Å². The van der Waals surface area contributed by atoms with E-state index in [0.717, 1.165) is 16.8 Å². The van der Waals surface area contributed by atoms with Gasteiger partial charge in [0.05, 0.1) is 0 Å². The minimum Gasteiger partial charge on any atom is -0.358 e. The van der Waals surface area contributed by atoms with E-state index in [1.165, 1.54) is 10.9 Å². The first-order chi connectivity index (χ1) is 10.1. The van der Waals surface area contributed by atoms with Gasteiger partial charge >= 0.3 is 0 Å². The normalized spacial score (nSPS) is 12.5. The predicted octanol–water partition coefficient (Wildman–Crippen LogP) is 4.85. The van der Waals surface area contributed by atoms with Crippen LogP contribution in [0.2, 0.25) is 0 Å². The lowest BCUT2D eigenvalue weighted by atomic mass is 9.96. The SMILES string of the molecule is Cc1ccc(C(=O)C[C@@H](C)c2cc3ccccc3[nH]2)cc1. The summed E-state index contributed by atoms with van der Waals surface area (Å²) in [7, 11) is 0. The third kappa shape index (κ3) is 2.89. The maximum atomic E-state index is 12.3. The van der Waals surface area contributed by atoms with E-state index >= 15 is 0 Å². The van der Waals surface area contributed by atoms with Crippen LogP contribution in [0.25, 0.3) is 10.9 Å². The van der Waals surface area contributed by atoms with Crippen molar-refractivity contribution < 1.29 is 4.79 Å². The number of ketones is 1. The number of nitrogens with one attached hydrogen (secondary N) is 1. The van der Waals surface area contributed by atoms with Crippen LogP contribution in [-0.4, -0.2) is 10.8 Å². The second kappa shape index (κ2) is 5.57. The Kier molecular flexibility index (Phi) is 3.61. The van der Waals surface area contributed by atoms with Crippen LogP contribution in [0.1, 0.15) is 40.9 Å². The number of carbonyl (C=O) groups is 1. The van der Waals surface area contributed by atoms with E-state index in [1.807, 2.05) is 43.3 Å². The lowest BCUT2D eigenvalue weighted by Crippen LogP contribution is -2.05. The van der Waals surface area contributed by atoms with Gasteiger partial charge in [-0.25, -0.2) is 0 Å². The van der Waals surface area contributed by atoms with Gasteiger partial charge in [0.15, 0.2) is 5.78 Å². The van der Waals surface area contributed by atoms with Crippen LogP contribution in [0.3, 0.4) is 0 Å². The lowest BCUT2D eigenvalue weighted by molar-refractivity contribution is 0.0975. The van der Waals surface area contributed by atoms with Crippen LogP contribution in [0, 0.1) is 6.92 Å². The summed E-state index contributed by atoms with van der Waals surface area (Å²) in [5.41, 5.74) is 4.22. The van der Waals surface area contributed by atoms with Gasteiger partial charge in [0.2, 0.25) is 0 Å². The van der Waals surface area contributed by atoms with Crippen molar-refractivity contribution in [3.05, 3.63) is 71.4 Å². The molecule has 106 valence electrons. The molecule has 3 rings (SSSR count). The Labute approximate surface area is 124 Å². The Balaban J connectivity index is 1.77. The zero-order chi connectivity index (χ0) is 14.8. The van der Waals surface area contributed by atoms with Crippen molar-refractivity contribution in [1.82, 2.24) is 4.98 Å². The number of rotatable bonds is 4. The maximum absolute atomic E-state index is 12.3. The molecule has 2 nitrogen and oxygen atoms in total. The van der Waals surface area contributed by atoms with E-state index in [-0.39, 0.29) is 11.7 Å². The average molecular weight is 277 g/mol. The molecule has 0 spiro atoms. The fourth-order valence-electron chi connectivity index (χ4n) is 2.61. The van der Waals surface area contributed by atoms with Gasteiger partial charge in [-0.2, -0.15) is 0 Å². The molecule has 0 aliphatic heterocycles. The molecule has 0 aliphatic carbocycles. The topological polar surface area (TPSA) is 32.9 Å². The third-order valence-electron chi connectivity index (χ3n) is 3.95. The number of benzene rings is 2. The number of Topliss-reactive ketones (excluding diaryl/α,β-unsaturated/α-hetero) is 1. The molecule has 0 aliphatic rings. The second-order valence-corrected chi connectivity index (χ2v) is 5.71. The monoisotopic (exact) mass is 277 g/mol. The zero-order valence-corrected chi connectivity index (χ0v) is 12.4. The molecular formula is C19H19NO. The van der Waals surface area contributed by atoms with Gasteiger partial charge < -0.3 is 4.98 Å². The summed E-state index contributed by atoms with van der Waals surface area (Å²) in [6.07, 6.45) is 0.524. The number of aryl methyl sites for hydroxylation is 1. The minimum atomic E-state index is 0.186. The number of hydrogen-bond donors (Lipinski definition) is 1. The molecule has 0 saturated heterocycles. The van der Waals surface area contributed by atoms with Gasteiger partial charge in [-0.15, -0.1) is 0 Å². The van der Waals surface area contributed by atoms with Crippen molar-refractivity contribution in [3.63, 3.8) is 0 Å². The highest BCUT2D eigenvalue weighted by Gasteiger charge is 2.14. The highest BCUT2D eigenvalue weighted by Crippen LogP contribution is 2.24. The smallest absolute Gasteiger partial charge is 0.163 e. The first-order valence-corrected chi connectivity index (χ1v) is 7.31. The number of fused-ring (bicyclic) bond motifs is 1. The van der Waals surface area contributed by atoms with E-state index in [9.17, 15) is 4.79 Å². The standard InChI is InChI=1S/C19H19NO/c1-13-7-9-15(10-8-13)19(21)11-14(2)18-12-16-5-3-4-6-17(16)20-18/h3-10,12,14,20H,11H2,1-2H3/t14-/m1/s1. The van der Waals surface area contributed by atoms with Gasteiger partial charge in [0.1, 0.15) is 0 Å². The molecule has 0 bridgehead atoms. The fraction of sp³-hybridized carbons (Fsp3) is 0.211. The quantitative estimate of drug-likeness (QED) is 0.679. The molecule has 2 heteroatoms. The van der Waals surface area contributed by atoms with Crippen LogP contribution in [0.15, 0.2) is 54.6 Å². The Bertz CT molecular complexity index is 735. The molecule has 1 aromatic heterocycles. The number of hydrogen-bond acceptors (Lipinski definition) is 1. The highest BCUT2D eigenvalue weighted by molar-refractivity contribution is 5.96. The third-order valence-corrected chi connectivity index (χ3v) is 3.95. The van der Waals surface area contributed by atoms with Gasteiger partial charge in [-0.1, -0.05) is 55.0 Å². The first-order valence-electron chi connectivity index (χ1n) is 7.31. The molecule has 0 radical (unpaired) electrons. The Hall–Kier alpha value is -2.35. The number of para-hydroxylation sites is 1. The molecule has 1 N–H and O–H groups in total. The highest BCUT2D eigenvalue weighted by atomic mass is 16.1. The largest absolute Gasteiger partial charge is 0.358 e. The minimum absolute atomic E-state index is 0.186. The number of carbonyl (C=O) groups excluding carboxylic acids is 1. The maximum Gasteiger partial charge on any atom is 0.163 e. The molecule has 0 saturated carbocycles. The van der Waals surface area contributed by atoms with E-state index in [1.54, 1.807) is 0 Å². The number of H-pyrrole nitrogens is 1. The summed E-state index contributed by atoms with van der Waals surface area (Å²) < 4.78 is 0. The number of aromatic amines is 1. The zero-order valence-electron chi connectivity index (χ0n) is 12.4. The van der Waals surface area contributed by atoms with Crippen LogP contribution in [-0.2, 0) is 0 Å². The van der Waals surface area contributed by atoms with Gasteiger partial charge in [0.25, 0.3) is 0 Å². The molecule has 0 fully saturated rings. The van der Waals surface area contributed by atoms with Gasteiger partial charge in [-0.3, -0.25) is 4.79 Å². The molecule has 1 heterocycles. The van der Waals surface area contributed by atoms with Crippen molar-refractivity contribution >= 4 is 16.7 Å². The van der Waals surface area contributed by atoms with E-state index in [2.05, 4.69) is 30.1 Å². The van der Waals surface area contributed by atoms with Crippen molar-refractivity contribution in [2.45, 2.75) is 26.2 Å². The molecule has 2 aromatic carbocycles. The number of aromatic nitrogens is 1. The van der Waals surface area contributed by atoms with Crippen LogP contribution >= 0.6 is 0 Å². The summed E-state index contributed by atoms with van der Waals surface area (Å²) in [5, 5.41) is 1.20. The van der Waals surface area contributed by atoms with E-state index in [4.69, 9.17) is 0 Å². The fourth-order valence-corrected chi connectivity index (χ4v) is 2.61. The molecular weight excluding hydrogens is 258 g/mol. The van der Waals surface area contributed by atoms with Crippen molar-refractivity contribution in [1.29, 1.82) is 0 Å². The molecule has 0 unspecified atom stereocenters. The van der Waals surface area contributed by atoms with E-state index < -0.39 is 0 Å². The van der Waals surface area contributed by atoms with Crippen molar-refractivity contribution in [3.8, 4) is 0 Å². The summed E-state index contributed by atoms with van der Waals surface area (Å²) in [4.78, 5) is 15.8. The summed E-state index contributed by atoms with van der Waals surface area (Å²) in [5.74, 6) is 0.382. The van der Waals surface area contributed by atoms with Crippen molar-refractivity contribution in [2.24, 2.45) is 0 Å². The van der Waals surface area contributed by atoms with Gasteiger partial charge in [0, 0.05) is 29.1 Å². The Morgan fingerprint density at radius 2 is 1.81 bits per heavy atom. The summed E-state index contributed by atoms with van der Waals surface area (Å²) >= 11 is 0. The van der Waals surface area contributed by atoms with Crippen LogP contribution in [0.5, 0.6) is 0 Å². The lowest BCUT2D eigenvalue weighted by Gasteiger charge is -2.09. The Morgan fingerprint density at radius 3 is 2.52 bits per heavy atom. The molecule has 21 heavy (non-hydrogen) atoms. The molecule has 3 aromatic rings. The summed E-state index contributed by atoms with van der Waals surface area (Å²) in [6, 6.07) is 18.1. The predicted molar refractivity (Wildman–Crippen MR) is 86.8 cm³/mol. The second-order valence-electron chi connectivity index (χ2n) is 5.71. The molecule has 1 atom stereocenters. The van der Waals surface area contributed by atoms with E-state index in [0.29, 0.717) is 6.42 Å². The first kappa shape index (κ1) is 13.6. The molecule has 0 amide bonds. The van der Waals surface area contributed by atoms with Gasteiger partial charge in [-0.05, 0) is 24.4 Å². The Morgan fingerprint density at radius 1 is 1.10 bits per heavy atom. The average Bonchev–Trinajstić information content (AvgIpc) is 2.92.